The van der Waals surface area contributed by atoms with Crippen molar-refractivity contribution in [3.05, 3.63) is 59.8 Å². The van der Waals surface area contributed by atoms with Crippen molar-refractivity contribution in [2.75, 3.05) is 0 Å². The molecule has 8 heteroatoms. The normalized spacial score (nSPS) is 14.5. The number of tetrazole rings is 1. The summed E-state index contributed by atoms with van der Waals surface area (Å²) in [5, 5.41) is 19.3. The Morgan fingerprint density at radius 3 is 2.65 bits per heavy atom. The molecular formula is C26H32N8. The van der Waals surface area contributed by atoms with E-state index in [2.05, 4.69) is 61.5 Å². The van der Waals surface area contributed by atoms with Crippen LogP contribution in [0.1, 0.15) is 69.1 Å². The van der Waals surface area contributed by atoms with Gasteiger partial charge in [-0.3, -0.25) is 4.98 Å². The molecular weight excluding hydrogens is 424 g/mol. The Labute approximate surface area is 200 Å². The highest BCUT2D eigenvalue weighted by Crippen LogP contribution is 2.28. The second-order valence-electron chi connectivity index (χ2n) is 9.23. The lowest BCUT2D eigenvalue weighted by atomic mass is 9.86. The van der Waals surface area contributed by atoms with Gasteiger partial charge in [0.2, 0.25) is 5.82 Å². The molecule has 0 radical (unpaired) electrons. The molecule has 3 aromatic heterocycles. The lowest BCUT2D eigenvalue weighted by Crippen LogP contribution is -2.08. The number of H-pyrrole nitrogens is 1. The third-order valence-corrected chi connectivity index (χ3v) is 6.72. The Morgan fingerprint density at radius 1 is 1.03 bits per heavy atom. The molecule has 8 nitrogen and oxygen atoms in total. The van der Waals surface area contributed by atoms with E-state index in [0.29, 0.717) is 5.82 Å². The quantitative estimate of drug-likeness (QED) is 0.379. The van der Waals surface area contributed by atoms with Crippen molar-refractivity contribution in [2.24, 2.45) is 5.92 Å². The zero-order valence-electron chi connectivity index (χ0n) is 19.8. The van der Waals surface area contributed by atoms with Crippen LogP contribution in [0.3, 0.4) is 0 Å². The van der Waals surface area contributed by atoms with Crippen LogP contribution in [0.4, 0.5) is 0 Å². The summed E-state index contributed by atoms with van der Waals surface area (Å²) in [7, 11) is 0. The van der Waals surface area contributed by atoms with Gasteiger partial charge in [-0.25, -0.2) is 9.67 Å². The number of aromatic amines is 1. The number of hydrogen-bond acceptors (Lipinski definition) is 6. The average Bonchev–Trinajstić information content (AvgIpc) is 3.55. The zero-order chi connectivity index (χ0) is 23.2. The average molecular weight is 457 g/mol. The molecule has 0 unspecified atom stereocenters. The van der Waals surface area contributed by atoms with Gasteiger partial charge in [-0.15, -0.1) is 10.2 Å². The maximum atomic E-state index is 4.90. The van der Waals surface area contributed by atoms with E-state index in [1.807, 2.05) is 12.1 Å². The summed E-state index contributed by atoms with van der Waals surface area (Å²) in [6.45, 7) is 2.93. The highest BCUT2D eigenvalue weighted by molar-refractivity contribution is 5.76. The number of aromatic nitrogens is 8. The van der Waals surface area contributed by atoms with Crippen LogP contribution >= 0.6 is 0 Å². The fourth-order valence-corrected chi connectivity index (χ4v) is 4.91. The first kappa shape index (κ1) is 22.4. The molecule has 0 bridgehead atoms. The third kappa shape index (κ3) is 5.21. The molecule has 1 N–H and O–H groups in total. The molecule has 0 atom stereocenters. The van der Waals surface area contributed by atoms with Gasteiger partial charge in [-0.2, -0.15) is 10.3 Å². The van der Waals surface area contributed by atoms with Gasteiger partial charge < -0.3 is 0 Å². The molecule has 176 valence electrons. The summed E-state index contributed by atoms with van der Waals surface area (Å²) >= 11 is 0. The minimum absolute atomic E-state index is 0.541. The number of rotatable bonds is 9. The minimum Gasteiger partial charge on any atom is -0.255 e. The summed E-state index contributed by atoms with van der Waals surface area (Å²) in [4.78, 5) is 9.47. The van der Waals surface area contributed by atoms with Crippen LogP contribution < -0.4 is 0 Å². The SMILES string of the molecule is CCCc1nc(CCC2CCCCC2)nn1Cc1ccc(-c2ncccc2-c2nn[nH]n2)cc1. The first-order valence-corrected chi connectivity index (χ1v) is 12.5. The highest BCUT2D eigenvalue weighted by atomic mass is 15.5. The number of aryl methyl sites for hydroxylation is 2. The molecule has 3 heterocycles. The van der Waals surface area contributed by atoms with Crippen LogP contribution in [0.2, 0.25) is 0 Å². The zero-order valence-corrected chi connectivity index (χ0v) is 19.8. The van der Waals surface area contributed by atoms with Gasteiger partial charge in [0.1, 0.15) is 5.82 Å². The van der Waals surface area contributed by atoms with E-state index in [1.54, 1.807) is 6.20 Å². The molecule has 0 amide bonds. The predicted molar refractivity (Wildman–Crippen MR) is 131 cm³/mol. The van der Waals surface area contributed by atoms with Crippen LogP contribution in [0.15, 0.2) is 42.6 Å². The van der Waals surface area contributed by atoms with Crippen LogP contribution in [0.25, 0.3) is 22.6 Å². The first-order chi connectivity index (χ1) is 16.8. The van der Waals surface area contributed by atoms with E-state index in [0.717, 1.165) is 60.2 Å². The van der Waals surface area contributed by atoms with Crippen molar-refractivity contribution in [3.8, 4) is 22.6 Å². The second kappa shape index (κ2) is 10.7. The molecule has 1 fully saturated rings. The largest absolute Gasteiger partial charge is 0.255 e. The van der Waals surface area contributed by atoms with Gasteiger partial charge in [0, 0.05) is 30.2 Å². The fourth-order valence-electron chi connectivity index (χ4n) is 4.91. The van der Waals surface area contributed by atoms with Crippen molar-refractivity contribution >= 4 is 0 Å². The number of benzene rings is 1. The molecule has 1 aliphatic carbocycles. The Hall–Kier alpha value is -3.42. The Balaban J connectivity index is 1.30. The van der Waals surface area contributed by atoms with Crippen molar-refractivity contribution in [1.29, 1.82) is 0 Å². The Bertz CT molecular complexity index is 1170. The summed E-state index contributed by atoms with van der Waals surface area (Å²) in [6, 6.07) is 12.3. The van der Waals surface area contributed by atoms with Gasteiger partial charge in [-0.1, -0.05) is 63.3 Å². The Kier molecular flexibility index (Phi) is 7.02. The smallest absolute Gasteiger partial charge is 0.206 e. The van der Waals surface area contributed by atoms with E-state index >= 15 is 0 Å². The van der Waals surface area contributed by atoms with Crippen molar-refractivity contribution < 1.29 is 0 Å². The summed E-state index contributed by atoms with van der Waals surface area (Å²) in [6.07, 6.45) is 12.9. The van der Waals surface area contributed by atoms with Crippen molar-refractivity contribution in [2.45, 2.75) is 71.3 Å². The monoisotopic (exact) mass is 456 g/mol. The van der Waals surface area contributed by atoms with Gasteiger partial charge in [-0.05, 0) is 41.7 Å². The maximum Gasteiger partial charge on any atom is 0.206 e. The lowest BCUT2D eigenvalue weighted by molar-refractivity contribution is 0.337. The maximum absolute atomic E-state index is 4.90. The standard InChI is InChI=1S/C26H32N8/c1-2-7-24-28-23(16-13-19-8-4-3-5-9-19)31-34(24)18-20-11-14-21(15-12-20)25-22(10-6-17-27-25)26-29-32-33-30-26/h6,10-12,14-15,17,19H,2-5,7-9,13,16,18H2,1H3,(H,29,30,32,33). The molecule has 0 aliphatic heterocycles. The van der Waals surface area contributed by atoms with E-state index in [4.69, 9.17) is 10.1 Å². The summed E-state index contributed by atoms with van der Waals surface area (Å²) < 4.78 is 2.10. The second-order valence-corrected chi connectivity index (χ2v) is 9.23. The van der Waals surface area contributed by atoms with Crippen LogP contribution in [-0.4, -0.2) is 40.4 Å². The molecule has 5 rings (SSSR count). The summed E-state index contributed by atoms with van der Waals surface area (Å²) in [5.74, 6) is 3.49. The van der Waals surface area contributed by atoms with Crippen molar-refractivity contribution in [3.63, 3.8) is 0 Å². The first-order valence-electron chi connectivity index (χ1n) is 12.5. The van der Waals surface area contributed by atoms with E-state index in [1.165, 1.54) is 44.1 Å². The number of nitrogens with one attached hydrogen (secondary N) is 1. The molecule has 34 heavy (non-hydrogen) atoms. The number of hydrogen-bond donors (Lipinski definition) is 1. The van der Waals surface area contributed by atoms with E-state index < -0.39 is 0 Å². The molecule has 0 spiro atoms. The van der Waals surface area contributed by atoms with Gasteiger partial charge >= 0.3 is 0 Å². The highest BCUT2D eigenvalue weighted by Gasteiger charge is 2.16. The van der Waals surface area contributed by atoms with Crippen LogP contribution in [0, 0.1) is 5.92 Å². The fraction of sp³-hybridized carbons (Fsp3) is 0.462. The lowest BCUT2D eigenvalue weighted by Gasteiger charge is -2.20. The van der Waals surface area contributed by atoms with Gasteiger partial charge in [0.25, 0.3) is 0 Å². The Morgan fingerprint density at radius 2 is 1.88 bits per heavy atom. The minimum atomic E-state index is 0.541. The van der Waals surface area contributed by atoms with Crippen LogP contribution in [0.5, 0.6) is 0 Å². The molecule has 4 aromatic rings. The molecule has 1 saturated carbocycles. The topological polar surface area (TPSA) is 98.1 Å². The van der Waals surface area contributed by atoms with Gasteiger partial charge in [0.15, 0.2) is 5.82 Å². The van der Waals surface area contributed by atoms with Crippen molar-refractivity contribution in [1.82, 2.24) is 40.4 Å². The molecule has 0 saturated heterocycles. The third-order valence-electron chi connectivity index (χ3n) is 6.72. The van der Waals surface area contributed by atoms with Gasteiger partial charge in [0.05, 0.1) is 12.2 Å². The molecule has 1 aromatic carbocycles. The van der Waals surface area contributed by atoms with Crippen LogP contribution in [-0.2, 0) is 19.4 Å². The number of nitrogens with zero attached hydrogens (tertiary/aromatic N) is 7. The summed E-state index contributed by atoms with van der Waals surface area (Å²) in [5.41, 5.74) is 3.91. The molecule has 1 aliphatic rings. The van der Waals surface area contributed by atoms with E-state index in [-0.39, 0.29) is 0 Å². The number of pyridine rings is 1. The van der Waals surface area contributed by atoms with E-state index in [9.17, 15) is 0 Å². The predicted octanol–water partition coefficient (Wildman–Crippen LogP) is 5.03.